The lowest BCUT2D eigenvalue weighted by Crippen LogP contribution is -2.23. The molecule has 1 aliphatic heterocycles. The summed E-state index contributed by atoms with van der Waals surface area (Å²) in [7, 11) is 0. The number of carbonyl (C=O) groups is 1. The number of hydrogen-bond acceptors (Lipinski definition) is 5. The highest BCUT2D eigenvalue weighted by molar-refractivity contribution is 5.95. The average Bonchev–Trinajstić information content (AvgIpc) is 3.16. The lowest BCUT2D eigenvalue weighted by atomic mass is 10.1. The smallest absolute Gasteiger partial charge is 0.251 e. The van der Waals surface area contributed by atoms with Crippen LogP contribution in [0.3, 0.4) is 0 Å². The van der Waals surface area contributed by atoms with Gasteiger partial charge in [-0.25, -0.2) is 0 Å². The maximum atomic E-state index is 12.8. The Balaban J connectivity index is 1.78. The van der Waals surface area contributed by atoms with Crippen LogP contribution in [-0.2, 0) is 19.6 Å². The molecule has 0 unspecified atom stereocenters. The first-order valence-electron chi connectivity index (χ1n) is 9.82. The predicted molar refractivity (Wildman–Crippen MR) is 108 cm³/mol. The molecule has 1 aliphatic rings. The van der Waals surface area contributed by atoms with Gasteiger partial charge in [-0.15, -0.1) is 0 Å². The highest BCUT2D eigenvalue weighted by Crippen LogP contribution is 2.39. The van der Waals surface area contributed by atoms with Crippen LogP contribution in [0.5, 0.6) is 17.2 Å². The van der Waals surface area contributed by atoms with Gasteiger partial charge in [0.1, 0.15) is 0 Å². The minimum Gasteiger partial charge on any atom is -0.490 e. The minimum absolute atomic E-state index is 0.177. The summed E-state index contributed by atoms with van der Waals surface area (Å²) in [5.41, 5.74) is 4.18. The number of benzene rings is 2. The van der Waals surface area contributed by atoms with Crippen LogP contribution < -0.4 is 24.8 Å². The third-order valence-electron chi connectivity index (χ3n) is 4.53. The van der Waals surface area contributed by atoms with Gasteiger partial charge in [0.2, 0.25) is 5.75 Å². The van der Waals surface area contributed by atoms with Crippen LogP contribution in [0.25, 0.3) is 0 Å². The fraction of sp³-hybridized carbons (Fsp3) is 0.409. The number of carbonyl (C=O) groups excluding carboxylic acids is 1. The van der Waals surface area contributed by atoms with Gasteiger partial charge in [0.25, 0.3) is 5.91 Å². The first-order valence-corrected chi connectivity index (χ1v) is 9.82. The molecule has 1 amide bonds. The molecule has 6 nitrogen and oxygen atoms in total. The maximum Gasteiger partial charge on any atom is 0.251 e. The Morgan fingerprint density at radius 2 is 1.57 bits per heavy atom. The van der Waals surface area contributed by atoms with Crippen molar-refractivity contribution in [2.75, 3.05) is 19.8 Å². The molecule has 2 aromatic rings. The Hall–Kier alpha value is -2.73. The molecule has 0 spiro atoms. The largest absolute Gasteiger partial charge is 0.490 e. The summed E-state index contributed by atoms with van der Waals surface area (Å²) in [6.07, 6.45) is 0. The van der Waals surface area contributed by atoms with Crippen LogP contribution in [0.15, 0.2) is 30.3 Å². The molecule has 0 saturated carbocycles. The second-order valence-corrected chi connectivity index (χ2v) is 6.49. The lowest BCUT2D eigenvalue weighted by molar-refractivity contribution is 0.0949. The van der Waals surface area contributed by atoms with E-state index in [-0.39, 0.29) is 5.91 Å². The molecule has 0 aromatic heterocycles. The zero-order chi connectivity index (χ0) is 19.9. The van der Waals surface area contributed by atoms with Crippen molar-refractivity contribution < 1.29 is 19.0 Å². The highest BCUT2D eigenvalue weighted by Gasteiger charge is 2.18. The van der Waals surface area contributed by atoms with Crippen LogP contribution in [0.1, 0.15) is 47.8 Å². The Labute approximate surface area is 166 Å². The summed E-state index contributed by atoms with van der Waals surface area (Å²) in [5.74, 6) is 1.39. The van der Waals surface area contributed by atoms with Crippen molar-refractivity contribution in [3.05, 3.63) is 52.6 Å². The Kier molecular flexibility index (Phi) is 6.76. The van der Waals surface area contributed by atoms with E-state index < -0.39 is 0 Å². The lowest BCUT2D eigenvalue weighted by Gasteiger charge is -2.17. The van der Waals surface area contributed by atoms with Gasteiger partial charge in [0, 0.05) is 25.2 Å². The van der Waals surface area contributed by atoms with Crippen molar-refractivity contribution in [2.45, 2.75) is 40.4 Å². The quantitative estimate of drug-likeness (QED) is 0.693. The highest BCUT2D eigenvalue weighted by atomic mass is 16.5. The average molecular weight is 384 g/mol. The molecule has 3 rings (SSSR count). The van der Waals surface area contributed by atoms with Gasteiger partial charge in [0.05, 0.1) is 19.8 Å². The first kappa shape index (κ1) is 20.0. The SMILES string of the molecule is CCOc1cc(C(=O)NCc2ccc3c(c2)CNC3)cc(OCC)c1OCC. The normalized spacial score (nSPS) is 12.4. The van der Waals surface area contributed by atoms with Gasteiger partial charge in [-0.05, 0) is 49.6 Å². The summed E-state index contributed by atoms with van der Waals surface area (Å²) in [5, 5.41) is 6.32. The maximum absolute atomic E-state index is 12.8. The van der Waals surface area contributed by atoms with E-state index >= 15 is 0 Å². The van der Waals surface area contributed by atoms with Gasteiger partial charge >= 0.3 is 0 Å². The van der Waals surface area contributed by atoms with E-state index in [1.54, 1.807) is 12.1 Å². The summed E-state index contributed by atoms with van der Waals surface area (Å²) in [6.45, 7) is 9.38. The summed E-state index contributed by atoms with van der Waals surface area (Å²) >= 11 is 0. The number of rotatable bonds is 9. The Bertz CT molecular complexity index is 808. The topological polar surface area (TPSA) is 68.8 Å². The molecule has 2 N–H and O–H groups in total. The van der Waals surface area contributed by atoms with Crippen molar-refractivity contribution >= 4 is 5.91 Å². The van der Waals surface area contributed by atoms with Gasteiger partial charge in [-0.2, -0.15) is 0 Å². The molecule has 0 fully saturated rings. The van der Waals surface area contributed by atoms with Crippen LogP contribution >= 0.6 is 0 Å². The second-order valence-electron chi connectivity index (χ2n) is 6.49. The monoisotopic (exact) mass is 384 g/mol. The van der Waals surface area contributed by atoms with Crippen molar-refractivity contribution in [3.8, 4) is 17.2 Å². The Morgan fingerprint density at radius 3 is 2.21 bits per heavy atom. The zero-order valence-corrected chi connectivity index (χ0v) is 16.8. The number of fused-ring (bicyclic) bond motifs is 1. The standard InChI is InChI=1S/C22H28N2O4/c1-4-26-19-10-17(11-20(27-5-2)21(19)28-6-3)22(25)24-12-15-7-8-16-13-23-14-18(16)9-15/h7-11,23H,4-6,12-14H2,1-3H3,(H,24,25). The molecule has 0 saturated heterocycles. The fourth-order valence-electron chi connectivity index (χ4n) is 3.26. The van der Waals surface area contributed by atoms with Crippen LogP contribution in [0.2, 0.25) is 0 Å². The van der Waals surface area contributed by atoms with Crippen molar-refractivity contribution in [1.29, 1.82) is 0 Å². The number of nitrogens with one attached hydrogen (secondary N) is 2. The molecule has 6 heteroatoms. The van der Waals surface area contributed by atoms with E-state index in [0.29, 0.717) is 49.2 Å². The van der Waals surface area contributed by atoms with Crippen LogP contribution in [0.4, 0.5) is 0 Å². The summed E-state index contributed by atoms with van der Waals surface area (Å²) in [4.78, 5) is 12.8. The van der Waals surface area contributed by atoms with Gasteiger partial charge in [-0.3, -0.25) is 4.79 Å². The molecule has 0 radical (unpaired) electrons. The van der Waals surface area contributed by atoms with Gasteiger partial charge in [-0.1, -0.05) is 18.2 Å². The second kappa shape index (κ2) is 9.46. The third kappa shape index (κ3) is 4.57. The molecule has 0 bridgehead atoms. The molecule has 0 aliphatic carbocycles. The van der Waals surface area contributed by atoms with Crippen molar-refractivity contribution in [3.63, 3.8) is 0 Å². The van der Waals surface area contributed by atoms with Crippen LogP contribution in [-0.4, -0.2) is 25.7 Å². The minimum atomic E-state index is -0.177. The molecular weight excluding hydrogens is 356 g/mol. The fourth-order valence-corrected chi connectivity index (χ4v) is 3.26. The van der Waals surface area contributed by atoms with E-state index in [9.17, 15) is 4.79 Å². The third-order valence-corrected chi connectivity index (χ3v) is 4.53. The molecule has 150 valence electrons. The van der Waals surface area contributed by atoms with E-state index in [1.165, 1.54) is 11.1 Å². The molecule has 2 aromatic carbocycles. The number of ether oxygens (including phenoxy) is 3. The van der Waals surface area contributed by atoms with Gasteiger partial charge < -0.3 is 24.8 Å². The van der Waals surface area contributed by atoms with E-state index in [4.69, 9.17) is 14.2 Å². The molecular formula is C22H28N2O4. The number of amides is 1. The Morgan fingerprint density at radius 1 is 0.929 bits per heavy atom. The summed E-state index contributed by atoms with van der Waals surface area (Å²) < 4.78 is 17.1. The number of hydrogen-bond donors (Lipinski definition) is 2. The van der Waals surface area contributed by atoms with E-state index in [0.717, 1.165) is 18.7 Å². The molecule has 1 heterocycles. The van der Waals surface area contributed by atoms with Gasteiger partial charge in [0.15, 0.2) is 11.5 Å². The predicted octanol–water partition coefficient (Wildman–Crippen LogP) is 3.42. The van der Waals surface area contributed by atoms with Crippen molar-refractivity contribution in [1.82, 2.24) is 10.6 Å². The van der Waals surface area contributed by atoms with Crippen molar-refractivity contribution in [2.24, 2.45) is 0 Å². The molecule has 28 heavy (non-hydrogen) atoms. The zero-order valence-electron chi connectivity index (χ0n) is 16.8. The van der Waals surface area contributed by atoms with E-state index in [2.05, 4.69) is 28.8 Å². The molecule has 0 atom stereocenters. The van der Waals surface area contributed by atoms with Crippen LogP contribution in [0, 0.1) is 0 Å². The first-order chi connectivity index (χ1) is 13.7. The summed E-state index contributed by atoms with van der Waals surface area (Å²) in [6, 6.07) is 9.73. The van der Waals surface area contributed by atoms with E-state index in [1.807, 2.05) is 20.8 Å².